The zero-order valence-corrected chi connectivity index (χ0v) is 17.1. The van der Waals surface area contributed by atoms with Crippen molar-refractivity contribution < 1.29 is 36.9 Å². The molecule has 0 saturated carbocycles. The molecule has 0 aliphatic carbocycles. The van der Waals surface area contributed by atoms with E-state index in [4.69, 9.17) is 14.2 Å². The van der Waals surface area contributed by atoms with Gasteiger partial charge in [0, 0.05) is 39.1 Å². The first-order valence-corrected chi connectivity index (χ1v) is 9.88. The predicted molar refractivity (Wildman–Crippen MR) is 106 cm³/mol. The number of amides is 1. The summed E-state index contributed by atoms with van der Waals surface area (Å²) in [6.07, 6.45) is -3.85. The van der Waals surface area contributed by atoms with Crippen molar-refractivity contribution in [2.45, 2.75) is 25.3 Å². The highest BCUT2D eigenvalue weighted by atomic mass is 19.4. The van der Waals surface area contributed by atoms with Gasteiger partial charge in [-0.2, -0.15) is 0 Å². The molecule has 1 saturated heterocycles. The maximum absolute atomic E-state index is 12.9. The van der Waals surface area contributed by atoms with E-state index in [0.29, 0.717) is 56.2 Å². The van der Waals surface area contributed by atoms with Gasteiger partial charge in [0.2, 0.25) is 0 Å². The van der Waals surface area contributed by atoms with Crippen LogP contribution in [0, 0.1) is 0 Å². The second-order valence-electron chi connectivity index (χ2n) is 6.97. The Kier molecular flexibility index (Phi) is 7.62. The van der Waals surface area contributed by atoms with Crippen LogP contribution in [0.4, 0.5) is 13.2 Å². The second-order valence-corrected chi connectivity index (χ2v) is 6.97. The topological polar surface area (TPSA) is 57.2 Å². The third-order valence-electron chi connectivity index (χ3n) is 4.73. The van der Waals surface area contributed by atoms with E-state index in [9.17, 15) is 18.0 Å². The van der Waals surface area contributed by atoms with Gasteiger partial charge >= 0.3 is 6.36 Å². The molecule has 2 aromatic carbocycles. The summed E-state index contributed by atoms with van der Waals surface area (Å²) in [5.41, 5.74) is 0.481. The van der Waals surface area contributed by atoms with Crippen LogP contribution in [-0.2, 0) is 4.74 Å². The number of para-hydroxylation sites is 1. The van der Waals surface area contributed by atoms with E-state index in [1.807, 2.05) is 0 Å². The van der Waals surface area contributed by atoms with Crippen molar-refractivity contribution >= 4 is 5.91 Å². The van der Waals surface area contributed by atoms with Crippen molar-refractivity contribution in [3.8, 4) is 17.2 Å². The molecule has 0 unspecified atom stereocenters. The number of piperidine rings is 1. The molecule has 168 valence electrons. The zero-order valence-electron chi connectivity index (χ0n) is 17.1. The van der Waals surface area contributed by atoms with Crippen molar-refractivity contribution in [3.05, 3.63) is 54.1 Å². The number of carbonyl (C=O) groups is 1. The summed E-state index contributed by atoms with van der Waals surface area (Å²) in [4.78, 5) is 14.7. The summed E-state index contributed by atoms with van der Waals surface area (Å²) in [5, 5.41) is 0. The molecule has 1 aliphatic rings. The standard InChI is InChI=1S/C22H24F3NO5/c1-28-13-14-29-20-8-3-2-7-19(20)21(27)26-11-9-16(10-12-26)30-17-5-4-6-18(15-17)31-22(23,24)25/h2-8,15-16H,9-14H2,1H3. The first kappa shape index (κ1) is 22.7. The number of likely N-dealkylation sites (tertiary alicyclic amines) is 1. The van der Waals surface area contributed by atoms with Crippen LogP contribution >= 0.6 is 0 Å². The SMILES string of the molecule is COCCOc1ccccc1C(=O)N1CCC(Oc2cccc(OC(F)(F)F)c2)CC1. The molecule has 6 nitrogen and oxygen atoms in total. The normalized spacial score (nSPS) is 14.9. The fourth-order valence-electron chi connectivity index (χ4n) is 3.29. The molecule has 0 bridgehead atoms. The molecule has 1 fully saturated rings. The lowest BCUT2D eigenvalue weighted by molar-refractivity contribution is -0.274. The van der Waals surface area contributed by atoms with Crippen LogP contribution in [0.5, 0.6) is 17.2 Å². The summed E-state index contributed by atoms with van der Waals surface area (Å²) < 4.78 is 57.5. The van der Waals surface area contributed by atoms with E-state index in [1.54, 1.807) is 42.3 Å². The molecule has 0 N–H and O–H groups in total. The number of hydrogen-bond acceptors (Lipinski definition) is 5. The molecule has 0 aromatic heterocycles. The molecule has 31 heavy (non-hydrogen) atoms. The number of rotatable bonds is 8. The monoisotopic (exact) mass is 439 g/mol. The van der Waals surface area contributed by atoms with Crippen molar-refractivity contribution in [1.82, 2.24) is 4.90 Å². The lowest BCUT2D eigenvalue weighted by atomic mass is 10.1. The molecule has 1 heterocycles. The lowest BCUT2D eigenvalue weighted by Gasteiger charge is -2.32. The summed E-state index contributed by atoms with van der Waals surface area (Å²) in [7, 11) is 1.58. The zero-order chi connectivity index (χ0) is 22.3. The van der Waals surface area contributed by atoms with E-state index in [2.05, 4.69) is 4.74 Å². The summed E-state index contributed by atoms with van der Waals surface area (Å²) in [6, 6.07) is 12.5. The van der Waals surface area contributed by atoms with Crippen molar-refractivity contribution in [2.75, 3.05) is 33.4 Å². The van der Waals surface area contributed by atoms with Gasteiger partial charge in [-0.25, -0.2) is 0 Å². The minimum absolute atomic E-state index is 0.132. The fourth-order valence-corrected chi connectivity index (χ4v) is 3.29. The van der Waals surface area contributed by atoms with Gasteiger partial charge in [-0.1, -0.05) is 18.2 Å². The maximum Gasteiger partial charge on any atom is 0.573 e. The number of ether oxygens (including phenoxy) is 4. The average molecular weight is 439 g/mol. The molecule has 2 aromatic rings. The van der Waals surface area contributed by atoms with E-state index in [-0.39, 0.29) is 17.8 Å². The van der Waals surface area contributed by atoms with Crippen LogP contribution < -0.4 is 14.2 Å². The van der Waals surface area contributed by atoms with Crippen LogP contribution in [0.25, 0.3) is 0 Å². The predicted octanol–water partition coefficient (Wildman–Crippen LogP) is 4.29. The molecular formula is C22H24F3NO5. The highest BCUT2D eigenvalue weighted by Gasteiger charge is 2.31. The summed E-state index contributed by atoms with van der Waals surface area (Å²) in [5.74, 6) is 0.336. The van der Waals surface area contributed by atoms with Gasteiger partial charge in [-0.3, -0.25) is 4.79 Å². The Balaban J connectivity index is 1.55. The first-order chi connectivity index (χ1) is 14.9. The Labute approximate surface area is 178 Å². The number of hydrogen-bond donors (Lipinski definition) is 0. The Morgan fingerprint density at radius 1 is 1.03 bits per heavy atom. The van der Waals surface area contributed by atoms with Gasteiger partial charge < -0.3 is 23.8 Å². The lowest BCUT2D eigenvalue weighted by Crippen LogP contribution is -2.41. The number of carbonyl (C=O) groups excluding carboxylic acids is 1. The molecule has 9 heteroatoms. The Hall–Kier alpha value is -2.94. The minimum atomic E-state index is -4.76. The Morgan fingerprint density at radius 3 is 2.45 bits per heavy atom. The maximum atomic E-state index is 12.9. The third kappa shape index (κ3) is 6.78. The quantitative estimate of drug-likeness (QED) is 0.575. The summed E-state index contributed by atoms with van der Waals surface area (Å²) in [6.45, 7) is 1.69. The molecular weight excluding hydrogens is 415 g/mol. The number of benzene rings is 2. The van der Waals surface area contributed by atoms with Crippen LogP contribution in [-0.4, -0.2) is 56.7 Å². The van der Waals surface area contributed by atoms with E-state index in [0.717, 1.165) is 0 Å². The van der Waals surface area contributed by atoms with Crippen molar-refractivity contribution in [3.63, 3.8) is 0 Å². The van der Waals surface area contributed by atoms with Gasteiger partial charge in [0.05, 0.1) is 12.2 Å². The van der Waals surface area contributed by atoms with Crippen LogP contribution in [0.15, 0.2) is 48.5 Å². The third-order valence-corrected chi connectivity index (χ3v) is 4.73. The molecule has 0 atom stereocenters. The van der Waals surface area contributed by atoms with Crippen LogP contribution in [0.2, 0.25) is 0 Å². The van der Waals surface area contributed by atoms with Gasteiger partial charge in [-0.05, 0) is 24.3 Å². The molecule has 3 rings (SSSR count). The molecule has 1 amide bonds. The van der Waals surface area contributed by atoms with Crippen molar-refractivity contribution in [1.29, 1.82) is 0 Å². The Bertz CT molecular complexity index is 866. The largest absolute Gasteiger partial charge is 0.573 e. The summed E-state index contributed by atoms with van der Waals surface area (Å²) >= 11 is 0. The molecule has 0 radical (unpaired) electrons. The smallest absolute Gasteiger partial charge is 0.490 e. The van der Waals surface area contributed by atoms with Crippen LogP contribution in [0.1, 0.15) is 23.2 Å². The molecule has 1 aliphatic heterocycles. The Morgan fingerprint density at radius 2 is 1.74 bits per heavy atom. The first-order valence-electron chi connectivity index (χ1n) is 9.88. The molecule has 0 spiro atoms. The van der Waals surface area contributed by atoms with E-state index < -0.39 is 6.36 Å². The number of methoxy groups -OCH3 is 1. The van der Waals surface area contributed by atoms with Gasteiger partial charge in [-0.15, -0.1) is 13.2 Å². The number of halogens is 3. The van der Waals surface area contributed by atoms with Gasteiger partial charge in [0.15, 0.2) is 0 Å². The number of alkyl halides is 3. The van der Waals surface area contributed by atoms with Crippen molar-refractivity contribution in [2.24, 2.45) is 0 Å². The van der Waals surface area contributed by atoms with Gasteiger partial charge in [0.25, 0.3) is 5.91 Å². The van der Waals surface area contributed by atoms with Crippen LogP contribution in [0.3, 0.4) is 0 Å². The fraction of sp³-hybridized carbons (Fsp3) is 0.409. The van der Waals surface area contributed by atoms with E-state index >= 15 is 0 Å². The average Bonchev–Trinajstić information content (AvgIpc) is 2.73. The number of nitrogens with zero attached hydrogens (tertiary/aromatic N) is 1. The van der Waals surface area contributed by atoms with E-state index in [1.165, 1.54) is 18.2 Å². The highest BCUT2D eigenvalue weighted by Crippen LogP contribution is 2.28. The second kappa shape index (κ2) is 10.4. The minimum Gasteiger partial charge on any atom is -0.490 e. The van der Waals surface area contributed by atoms with Gasteiger partial charge in [0.1, 0.15) is 30.0 Å². The highest BCUT2D eigenvalue weighted by molar-refractivity contribution is 5.97.